The van der Waals surface area contributed by atoms with E-state index < -0.39 is 23.4 Å². The van der Waals surface area contributed by atoms with Gasteiger partial charge in [0, 0.05) is 67.9 Å². The lowest BCUT2D eigenvalue weighted by atomic mass is 9.79. The van der Waals surface area contributed by atoms with Gasteiger partial charge in [-0.25, -0.2) is 4.98 Å². The van der Waals surface area contributed by atoms with E-state index in [1.165, 1.54) is 17.0 Å². The van der Waals surface area contributed by atoms with Crippen LogP contribution in [0.3, 0.4) is 0 Å². The largest absolute Gasteiger partial charge is 0.433 e. The minimum atomic E-state index is -4.56. The third kappa shape index (κ3) is 6.91. The molecule has 0 aliphatic carbocycles. The third-order valence-corrected chi connectivity index (χ3v) is 11.6. The number of amides is 2. The molecule has 1 aromatic carbocycles. The van der Waals surface area contributed by atoms with Crippen molar-refractivity contribution in [1.82, 2.24) is 28.9 Å². The molecule has 51 heavy (non-hydrogen) atoms. The van der Waals surface area contributed by atoms with Crippen LogP contribution in [0.25, 0.3) is 21.5 Å². The molecular weight excluding hydrogens is 705 g/mol. The number of thiophene rings is 1. The SMILES string of the molecule is Cn1ccc2c(=O)n(CC3(O)CCN(C(=O)[C@@H]4CCN(C(=O)c5sc(-c6ccc(C(F)(F)F)nc6)cc5Cl)C[C@H]4c4ccccc4)CC3)cnc21. The van der Waals surface area contributed by atoms with Gasteiger partial charge in [0.25, 0.3) is 11.5 Å². The monoisotopic (exact) mass is 738 g/mol. The lowest BCUT2D eigenvalue weighted by Gasteiger charge is -2.43. The molecule has 10 nitrogen and oxygen atoms in total. The summed E-state index contributed by atoms with van der Waals surface area (Å²) in [5.74, 6) is -1.09. The van der Waals surface area contributed by atoms with Crippen molar-refractivity contribution in [1.29, 1.82) is 0 Å². The van der Waals surface area contributed by atoms with Gasteiger partial charge in [-0.1, -0.05) is 41.9 Å². The molecular formula is C36H34ClF3N6O4S. The molecule has 0 unspecified atom stereocenters. The van der Waals surface area contributed by atoms with Crippen LogP contribution in [0.15, 0.2) is 78.1 Å². The van der Waals surface area contributed by atoms with Crippen LogP contribution in [0.4, 0.5) is 13.2 Å². The second-order valence-electron chi connectivity index (χ2n) is 13.3. The highest BCUT2D eigenvalue weighted by molar-refractivity contribution is 7.18. The normalized spacial score (nSPS) is 19.4. The number of halogens is 4. The summed E-state index contributed by atoms with van der Waals surface area (Å²) in [5, 5.41) is 12.1. The summed E-state index contributed by atoms with van der Waals surface area (Å²) in [7, 11) is 1.81. The zero-order valence-corrected chi connectivity index (χ0v) is 29.1. The number of fused-ring (bicyclic) bond motifs is 1. The van der Waals surface area contributed by atoms with Crippen molar-refractivity contribution >= 4 is 45.8 Å². The van der Waals surface area contributed by atoms with Gasteiger partial charge >= 0.3 is 6.18 Å². The average Bonchev–Trinajstić information content (AvgIpc) is 3.71. The summed E-state index contributed by atoms with van der Waals surface area (Å²) < 4.78 is 42.3. The number of aryl methyl sites for hydroxylation is 1. The number of aromatic nitrogens is 4. The average molecular weight is 739 g/mol. The van der Waals surface area contributed by atoms with Crippen molar-refractivity contribution in [3.63, 3.8) is 0 Å². The fourth-order valence-corrected chi connectivity index (χ4v) is 8.50. The van der Waals surface area contributed by atoms with Gasteiger partial charge in [0.05, 0.1) is 22.6 Å². The van der Waals surface area contributed by atoms with Crippen molar-refractivity contribution in [2.75, 3.05) is 26.2 Å². The molecule has 2 aliphatic heterocycles. The van der Waals surface area contributed by atoms with Crippen LogP contribution in [0, 0.1) is 5.92 Å². The summed E-state index contributed by atoms with van der Waals surface area (Å²) >= 11 is 7.60. The van der Waals surface area contributed by atoms with E-state index in [0.717, 1.165) is 29.2 Å². The Kier molecular flexibility index (Phi) is 9.27. The van der Waals surface area contributed by atoms with Crippen LogP contribution < -0.4 is 5.56 Å². The van der Waals surface area contributed by atoms with Crippen molar-refractivity contribution in [2.45, 2.75) is 43.5 Å². The van der Waals surface area contributed by atoms with Gasteiger partial charge in [0.2, 0.25) is 5.91 Å². The summed E-state index contributed by atoms with van der Waals surface area (Å²) in [6.07, 6.45) is 0.758. The van der Waals surface area contributed by atoms with E-state index in [1.807, 2.05) is 37.4 Å². The van der Waals surface area contributed by atoms with Crippen LogP contribution in [0.5, 0.6) is 0 Å². The number of likely N-dealkylation sites (tertiary alicyclic amines) is 2. The number of carbonyl (C=O) groups is 2. The van der Waals surface area contributed by atoms with Crippen LogP contribution >= 0.6 is 22.9 Å². The number of carbonyl (C=O) groups excluding carboxylic acids is 2. The molecule has 5 aromatic rings. The highest BCUT2D eigenvalue weighted by Gasteiger charge is 2.42. The molecule has 0 spiro atoms. The Bertz CT molecular complexity index is 2140. The maximum atomic E-state index is 14.1. The number of aliphatic hydroxyl groups is 1. The summed E-state index contributed by atoms with van der Waals surface area (Å²) in [6.45, 7) is 1.28. The Labute approximate surface area is 299 Å². The number of hydrogen-bond acceptors (Lipinski definition) is 7. The van der Waals surface area contributed by atoms with E-state index in [4.69, 9.17) is 11.6 Å². The fraction of sp³-hybridized carbons (Fsp3) is 0.361. The number of benzene rings is 1. The third-order valence-electron chi connectivity index (χ3n) is 9.99. The van der Waals surface area contributed by atoms with E-state index in [0.29, 0.717) is 60.4 Å². The molecule has 4 aromatic heterocycles. The number of piperidine rings is 2. The zero-order chi connectivity index (χ0) is 36.1. The number of hydrogen-bond donors (Lipinski definition) is 1. The number of nitrogens with zero attached hydrogens (tertiary/aromatic N) is 6. The van der Waals surface area contributed by atoms with Crippen LogP contribution in [-0.2, 0) is 24.6 Å². The smallest absolute Gasteiger partial charge is 0.388 e. The number of pyridine rings is 1. The quantitative estimate of drug-likeness (QED) is 0.235. The molecule has 0 radical (unpaired) electrons. The van der Waals surface area contributed by atoms with E-state index in [2.05, 4.69) is 9.97 Å². The van der Waals surface area contributed by atoms with Gasteiger partial charge in [-0.2, -0.15) is 13.2 Å². The first-order chi connectivity index (χ1) is 24.3. The van der Waals surface area contributed by atoms with Gasteiger partial charge in [-0.05, 0) is 49.1 Å². The molecule has 2 aliphatic rings. The van der Waals surface area contributed by atoms with Crippen molar-refractivity contribution in [2.24, 2.45) is 13.0 Å². The van der Waals surface area contributed by atoms with E-state index >= 15 is 0 Å². The maximum Gasteiger partial charge on any atom is 0.433 e. The van der Waals surface area contributed by atoms with Gasteiger partial charge in [-0.15, -0.1) is 11.3 Å². The molecule has 1 N–H and O–H groups in total. The van der Waals surface area contributed by atoms with E-state index in [-0.39, 0.29) is 46.3 Å². The van der Waals surface area contributed by atoms with E-state index in [1.54, 1.807) is 32.7 Å². The summed E-state index contributed by atoms with van der Waals surface area (Å²) in [6, 6.07) is 15.0. The van der Waals surface area contributed by atoms with Crippen molar-refractivity contribution in [3.8, 4) is 10.4 Å². The molecule has 15 heteroatoms. The van der Waals surface area contributed by atoms with Gasteiger partial charge < -0.3 is 19.5 Å². The second kappa shape index (κ2) is 13.5. The van der Waals surface area contributed by atoms with Crippen molar-refractivity contribution in [3.05, 3.63) is 105 Å². The predicted molar refractivity (Wildman–Crippen MR) is 186 cm³/mol. The maximum absolute atomic E-state index is 14.1. The highest BCUT2D eigenvalue weighted by Crippen LogP contribution is 2.40. The van der Waals surface area contributed by atoms with Gasteiger partial charge in [0.15, 0.2) is 0 Å². The van der Waals surface area contributed by atoms with Crippen LogP contribution in [-0.4, -0.2) is 77.6 Å². The Morgan fingerprint density at radius 2 is 1.78 bits per heavy atom. The van der Waals surface area contributed by atoms with Gasteiger partial charge in [0.1, 0.15) is 22.5 Å². The van der Waals surface area contributed by atoms with Crippen LogP contribution in [0.2, 0.25) is 5.02 Å². The number of alkyl halides is 3. The van der Waals surface area contributed by atoms with E-state index in [9.17, 15) is 32.7 Å². The molecule has 7 rings (SSSR count). The molecule has 2 saturated heterocycles. The first-order valence-corrected chi connectivity index (χ1v) is 17.7. The molecule has 0 bridgehead atoms. The first-order valence-electron chi connectivity index (χ1n) is 16.5. The first kappa shape index (κ1) is 34.9. The Morgan fingerprint density at radius 1 is 1.04 bits per heavy atom. The molecule has 0 saturated carbocycles. The molecule has 2 atom stereocenters. The standard InChI is InChI=1S/C36H34ClF3N6O4S/c1-43-13-9-25-31(43)42-21-46(33(25)48)20-35(50)11-15-44(16-12-35)32(47)24-10-14-45(19-26(24)22-5-3-2-4-6-22)34(49)30-27(37)17-28(51-30)23-7-8-29(41-18-23)36(38,39)40/h2-9,13,17-18,21,24,26,50H,10-12,14-16,19-20H2,1H3/t24-,26+/m1/s1. The fourth-order valence-electron chi connectivity index (χ4n) is 7.12. The minimum Gasteiger partial charge on any atom is -0.388 e. The highest BCUT2D eigenvalue weighted by atomic mass is 35.5. The molecule has 6 heterocycles. The molecule has 2 fully saturated rings. The zero-order valence-electron chi connectivity index (χ0n) is 27.5. The Hall–Kier alpha value is -4.53. The second-order valence-corrected chi connectivity index (χ2v) is 14.7. The summed E-state index contributed by atoms with van der Waals surface area (Å²) in [5.41, 5.74) is -0.521. The minimum absolute atomic E-state index is 0.0474. The Morgan fingerprint density at radius 3 is 2.47 bits per heavy atom. The van der Waals surface area contributed by atoms with Crippen LogP contribution in [0.1, 0.15) is 46.1 Å². The lowest BCUT2D eigenvalue weighted by molar-refractivity contribution is -0.142. The topological polar surface area (TPSA) is 114 Å². The lowest BCUT2D eigenvalue weighted by Crippen LogP contribution is -2.53. The predicted octanol–water partition coefficient (Wildman–Crippen LogP) is 5.83. The molecule has 2 amide bonds. The summed E-state index contributed by atoms with van der Waals surface area (Å²) in [4.78, 5) is 53.2. The Balaban J connectivity index is 1.04. The number of rotatable bonds is 6. The van der Waals surface area contributed by atoms with Gasteiger partial charge in [-0.3, -0.25) is 23.9 Å². The molecule has 266 valence electrons. The van der Waals surface area contributed by atoms with Crippen molar-refractivity contribution < 1.29 is 27.9 Å².